The largest absolute Gasteiger partial charge is 0.360 e. The monoisotopic (exact) mass is 208 g/mol. The highest BCUT2D eigenvalue weighted by atomic mass is 35.5. The fraction of sp³-hybridized carbons (Fsp3) is 0.273. The van der Waals surface area contributed by atoms with Gasteiger partial charge in [-0.25, -0.2) is 0 Å². The zero-order chi connectivity index (χ0) is 9.97. The summed E-state index contributed by atoms with van der Waals surface area (Å²) < 4.78 is 0. The van der Waals surface area contributed by atoms with Crippen molar-refractivity contribution in [2.45, 2.75) is 13.5 Å². The van der Waals surface area contributed by atoms with Crippen LogP contribution in [0.4, 0.5) is 0 Å². The van der Waals surface area contributed by atoms with Crippen molar-refractivity contribution < 1.29 is 0 Å². The van der Waals surface area contributed by atoms with E-state index in [0.717, 1.165) is 23.6 Å². The van der Waals surface area contributed by atoms with Gasteiger partial charge in [-0.1, -0.05) is 30.7 Å². The quantitative estimate of drug-likeness (QED) is 0.798. The van der Waals surface area contributed by atoms with Crippen LogP contribution in [0.1, 0.15) is 12.5 Å². The molecule has 2 rings (SSSR count). The number of halogens is 1. The molecule has 0 amide bonds. The highest BCUT2D eigenvalue weighted by molar-refractivity contribution is 6.35. The first-order valence-corrected chi connectivity index (χ1v) is 5.16. The normalized spacial score (nSPS) is 11.0. The third-order valence-electron chi connectivity index (χ3n) is 2.32. The second-order valence-electron chi connectivity index (χ2n) is 3.26. The van der Waals surface area contributed by atoms with Crippen molar-refractivity contribution >= 4 is 22.5 Å². The van der Waals surface area contributed by atoms with Gasteiger partial charge in [-0.05, 0) is 18.2 Å². The average Bonchev–Trinajstić information content (AvgIpc) is 2.60. The Morgan fingerprint density at radius 3 is 3.07 bits per heavy atom. The zero-order valence-electron chi connectivity index (χ0n) is 8.10. The summed E-state index contributed by atoms with van der Waals surface area (Å²) in [7, 11) is 0. The molecule has 0 aliphatic carbocycles. The summed E-state index contributed by atoms with van der Waals surface area (Å²) in [5, 5.41) is 5.29. The number of aromatic amines is 1. The van der Waals surface area contributed by atoms with Gasteiger partial charge >= 0.3 is 0 Å². The molecular formula is C11H13ClN2. The van der Waals surface area contributed by atoms with Crippen LogP contribution in [-0.4, -0.2) is 11.5 Å². The molecule has 14 heavy (non-hydrogen) atoms. The van der Waals surface area contributed by atoms with Gasteiger partial charge in [-0.15, -0.1) is 0 Å². The van der Waals surface area contributed by atoms with E-state index in [4.69, 9.17) is 11.6 Å². The van der Waals surface area contributed by atoms with E-state index in [1.165, 1.54) is 10.9 Å². The predicted octanol–water partition coefficient (Wildman–Crippen LogP) is 2.93. The Morgan fingerprint density at radius 1 is 1.43 bits per heavy atom. The van der Waals surface area contributed by atoms with Crippen molar-refractivity contribution in [2.75, 3.05) is 6.54 Å². The van der Waals surface area contributed by atoms with Crippen molar-refractivity contribution in [3.63, 3.8) is 0 Å². The highest BCUT2D eigenvalue weighted by Gasteiger charge is 2.04. The molecule has 0 unspecified atom stereocenters. The molecule has 0 saturated carbocycles. The standard InChI is InChI=1S/C11H13ClN2/c1-2-13-6-8-7-14-11-9(8)4-3-5-10(11)12/h3-5,7,13-14H,2,6H2,1H3. The summed E-state index contributed by atoms with van der Waals surface area (Å²) in [5.74, 6) is 0. The summed E-state index contributed by atoms with van der Waals surface area (Å²) in [4.78, 5) is 3.19. The van der Waals surface area contributed by atoms with Crippen LogP contribution in [0.5, 0.6) is 0 Å². The lowest BCUT2D eigenvalue weighted by Crippen LogP contribution is -2.11. The molecule has 0 spiro atoms. The third-order valence-corrected chi connectivity index (χ3v) is 2.63. The van der Waals surface area contributed by atoms with E-state index in [1.54, 1.807) is 0 Å². The summed E-state index contributed by atoms with van der Waals surface area (Å²) in [5.41, 5.74) is 2.30. The van der Waals surface area contributed by atoms with Crippen molar-refractivity contribution in [2.24, 2.45) is 0 Å². The topological polar surface area (TPSA) is 27.8 Å². The van der Waals surface area contributed by atoms with Crippen LogP contribution in [0.2, 0.25) is 5.02 Å². The lowest BCUT2D eigenvalue weighted by atomic mass is 10.2. The van der Waals surface area contributed by atoms with Crippen molar-refractivity contribution in [1.29, 1.82) is 0 Å². The summed E-state index contributed by atoms with van der Waals surface area (Å²) in [6.07, 6.45) is 2.01. The molecule has 1 heterocycles. The van der Waals surface area contributed by atoms with Crippen LogP contribution in [0.15, 0.2) is 24.4 Å². The first kappa shape index (κ1) is 9.56. The average molecular weight is 209 g/mol. The Bertz CT molecular complexity index is 434. The van der Waals surface area contributed by atoms with Gasteiger partial charge in [-0.3, -0.25) is 0 Å². The van der Waals surface area contributed by atoms with Gasteiger partial charge in [-0.2, -0.15) is 0 Å². The number of hydrogen-bond acceptors (Lipinski definition) is 1. The third kappa shape index (κ3) is 1.63. The second kappa shape index (κ2) is 4.03. The number of aromatic nitrogens is 1. The van der Waals surface area contributed by atoms with Gasteiger partial charge in [0, 0.05) is 18.1 Å². The molecule has 3 heteroatoms. The maximum absolute atomic E-state index is 6.05. The van der Waals surface area contributed by atoms with Crippen molar-refractivity contribution in [3.05, 3.63) is 35.0 Å². The highest BCUT2D eigenvalue weighted by Crippen LogP contribution is 2.24. The molecule has 0 fully saturated rings. The molecule has 1 aromatic heterocycles. The molecule has 0 atom stereocenters. The SMILES string of the molecule is CCNCc1c[nH]c2c(Cl)cccc12. The second-order valence-corrected chi connectivity index (χ2v) is 3.66. The Kier molecular flexibility index (Phi) is 2.75. The summed E-state index contributed by atoms with van der Waals surface area (Å²) >= 11 is 6.05. The van der Waals surface area contributed by atoms with Crippen LogP contribution < -0.4 is 5.32 Å². The van der Waals surface area contributed by atoms with E-state index in [-0.39, 0.29) is 0 Å². The molecule has 2 nitrogen and oxygen atoms in total. The molecule has 0 radical (unpaired) electrons. The number of benzene rings is 1. The first-order chi connectivity index (χ1) is 6.83. The fourth-order valence-electron chi connectivity index (χ4n) is 1.58. The maximum atomic E-state index is 6.05. The number of nitrogens with one attached hydrogen (secondary N) is 2. The van der Waals surface area contributed by atoms with Crippen molar-refractivity contribution in [1.82, 2.24) is 10.3 Å². The molecule has 2 N–H and O–H groups in total. The van der Waals surface area contributed by atoms with Gasteiger partial charge < -0.3 is 10.3 Å². The summed E-state index contributed by atoms with van der Waals surface area (Å²) in [6.45, 7) is 3.96. The molecule has 0 bridgehead atoms. The number of para-hydroxylation sites is 1. The van der Waals surface area contributed by atoms with Crippen LogP contribution >= 0.6 is 11.6 Å². The van der Waals surface area contributed by atoms with Crippen LogP contribution in [0.25, 0.3) is 10.9 Å². The molecular weight excluding hydrogens is 196 g/mol. The molecule has 0 aliphatic rings. The number of rotatable bonds is 3. The van der Waals surface area contributed by atoms with Gasteiger partial charge in [0.15, 0.2) is 0 Å². The van der Waals surface area contributed by atoms with E-state index < -0.39 is 0 Å². The molecule has 0 saturated heterocycles. The van der Waals surface area contributed by atoms with Crippen LogP contribution in [0, 0.1) is 0 Å². The Labute approximate surface area is 88.3 Å². The smallest absolute Gasteiger partial charge is 0.0647 e. The minimum absolute atomic E-state index is 0.783. The molecule has 74 valence electrons. The van der Waals surface area contributed by atoms with Gasteiger partial charge in [0.1, 0.15) is 0 Å². The Morgan fingerprint density at radius 2 is 2.29 bits per heavy atom. The lowest BCUT2D eigenvalue weighted by Gasteiger charge is -1.99. The van der Waals surface area contributed by atoms with E-state index in [0.29, 0.717) is 0 Å². The summed E-state index contributed by atoms with van der Waals surface area (Å²) in [6, 6.07) is 5.97. The number of fused-ring (bicyclic) bond motifs is 1. The van der Waals surface area contributed by atoms with Gasteiger partial charge in [0.25, 0.3) is 0 Å². The molecule has 0 aliphatic heterocycles. The van der Waals surface area contributed by atoms with E-state index in [9.17, 15) is 0 Å². The van der Waals surface area contributed by atoms with E-state index in [2.05, 4.69) is 23.3 Å². The van der Waals surface area contributed by atoms with Gasteiger partial charge in [0.2, 0.25) is 0 Å². The molecule has 1 aromatic carbocycles. The Balaban J connectivity index is 2.42. The zero-order valence-corrected chi connectivity index (χ0v) is 8.86. The first-order valence-electron chi connectivity index (χ1n) is 4.78. The Hall–Kier alpha value is -0.990. The molecule has 2 aromatic rings. The minimum atomic E-state index is 0.783. The van der Waals surface area contributed by atoms with E-state index in [1.807, 2.05) is 18.3 Å². The fourth-order valence-corrected chi connectivity index (χ4v) is 1.81. The number of H-pyrrole nitrogens is 1. The number of hydrogen-bond donors (Lipinski definition) is 2. The van der Waals surface area contributed by atoms with Gasteiger partial charge in [0.05, 0.1) is 10.5 Å². The lowest BCUT2D eigenvalue weighted by molar-refractivity contribution is 0.730. The predicted molar refractivity (Wildman–Crippen MR) is 60.7 cm³/mol. The van der Waals surface area contributed by atoms with Crippen LogP contribution in [0.3, 0.4) is 0 Å². The maximum Gasteiger partial charge on any atom is 0.0647 e. The van der Waals surface area contributed by atoms with E-state index >= 15 is 0 Å². The minimum Gasteiger partial charge on any atom is -0.360 e. The van der Waals surface area contributed by atoms with Crippen molar-refractivity contribution in [3.8, 4) is 0 Å². The van der Waals surface area contributed by atoms with Crippen LogP contribution in [-0.2, 0) is 6.54 Å².